The van der Waals surface area contributed by atoms with E-state index < -0.39 is 28.6 Å². The first-order chi connectivity index (χ1) is 11.8. The molecule has 0 aliphatic carbocycles. The van der Waals surface area contributed by atoms with Crippen molar-refractivity contribution in [3.63, 3.8) is 0 Å². The second-order valence-corrected chi connectivity index (χ2v) is 8.55. The van der Waals surface area contributed by atoms with Gasteiger partial charge < -0.3 is 10.4 Å². The summed E-state index contributed by atoms with van der Waals surface area (Å²) in [6.45, 7) is -0.431. The Labute approximate surface area is 164 Å². The van der Waals surface area contributed by atoms with Crippen LogP contribution < -0.4 is 10.0 Å². The van der Waals surface area contributed by atoms with Crippen LogP contribution in [0.2, 0.25) is 5.02 Å². The summed E-state index contributed by atoms with van der Waals surface area (Å²) in [6, 6.07) is 11.7. The molecule has 1 atom stereocenters. The molecule has 25 heavy (non-hydrogen) atoms. The van der Waals surface area contributed by atoms with E-state index in [-0.39, 0.29) is 11.4 Å². The van der Waals surface area contributed by atoms with Gasteiger partial charge in [-0.1, -0.05) is 23.7 Å². The normalized spacial score (nSPS) is 12.6. The lowest BCUT2D eigenvalue weighted by Crippen LogP contribution is -2.48. The van der Waals surface area contributed by atoms with Crippen LogP contribution in [-0.2, 0) is 21.4 Å². The zero-order valence-corrected chi connectivity index (χ0v) is 16.7. The molecule has 134 valence electrons. The SMILES string of the molecule is O=C(NCc1cccc(I)c1)[C@H](CO)NS(=O)(=O)c1ccc(Cl)cc1. The van der Waals surface area contributed by atoms with Gasteiger partial charge in [-0.25, -0.2) is 8.42 Å². The molecule has 0 unspecified atom stereocenters. The van der Waals surface area contributed by atoms with Crippen LogP contribution in [0.4, 0.5) is 0 Å². The van der Waals surface area contributed by atoms with Crippen molar-refractivity contribution in [2.24, 2.45) is 0 Å². The van der Waals surface area contributed by atoms with Crippen LogP contribution in [0.3, 0.4) is 0 Å². The van der Waals surface area contributed by atoms with Gasteiger partial charge in [0.25, 0.3) is 0 Å². The van der Waals surface area contributed by atoms with Crippen molar-refractivity contribution in [3.8, 4) is 0 Å². The van der Waals surface area contributed by atoms with Gasteiger partial charge in [-0.2, -0.15) is 4.72 Å². The van der Waals surface area contributed by atoms with Crippen molar-refractivity contribution in [2.75, 3.05) is 6.61 Å². The number of aliphatic hydroxyl groups excluding tert-OH is 1. The fraction of sp³-hybridized carbons (Fsp3) is 0.188. The Morgan fingerprint density at radius 2 is 1.88 bits per heavy atom. The largest absolute Gasteiger partial charge is 0.394 e. The Morgan fingerprint density at radius 1 is 1.20 bits per heavy atom. The van der Waals surface area contributed by atoms with Crippen LogP contribution in [0.1, 0.15) is 5.56 Å². The summed E-state index contributed by atoms with van der Waals surface area (Å²) in [7, 11) is -3.95. The van der Waals surface area contributed by atoms with E-state index in [1.807, 2.05) is 24.3 Å². The van der Waals surface area contributed by atoms with Gasteiger partial charge in [-0.05, 0) is 64.6 Å². The number of hydrogen-bond acceptors (Lipinski definition) is 4. The number of amides is 1. The molecule has 0 bridgehead atoms. The van der Waals surface area contributed by atoms with Gasteiger partial charge in [-0.15, -0.1) is 0 Å². The van der Waals surface area contributed by atoms with Crippen LogP contribution in [0, 0.1) is 3.57 Å². The number of carbonyl (C=O) groups is 1. The molecular weight excluding hydrogens is 479 g/mol. The average molecular weight is 495 g/mol. The van der Waals surface area contributed by atoms with E-state index in [0.29, 0.717) is 5.02 Å². The van der Waals surface area contributed by atoms with E-state index in [1.165, 1.54) is 24.3 Å². The fourth-order valence-corrected chi connectivity index (χ4v) is 3.92. The first-order valence-corrected chi connectivity index (χ1v) is 10.2. The first kappa shape index (κ1) is 20.1. The molecule has 0 aliphatic heterocycles. The number of halogens is 2. The third kappa shape index (κ3) is 5.93. The van der Waals surface area contributed by atoms with Gasteiger partial charge in [0.1, 0.15) is 6.04 Å². The second kappa shape index (κ2) is 8.95. The molecule has 0 spiro atoms. The average Bonchev–Trinajstić information content (AvgIpc) is 2.58. The van der Waals surface area contributed by atoms with Crippen LogP contribution >= 0.6 is 34.2 Å². The predicted octanol–water partition coefficient (Wildman–Crippen LogP) is 1.90. The van der Waals surface area contributed by atoms with Crippen molar-refractivity contribution < 1.29 is 18.3 Å². The van der Waals surface area contributed by atoms with Crippen LogP contribution in [0.25, 0.3) is 0 Å². The molecule has 0 heterocycles. The molecule has 0 aliphatic rings. The molecule has 2 aromatic carbocycles. The Bertz CT molecular complexity index is 843. The van der Waals surface area contributed by atoms with Gasteiger partial charge in [0.05, 0.1) is 11.5 Å². The Morgan fingerprint density at radius 3 is 2.48 bits per heavy atom. The zero-order valence-electron chi connectivity index (χ0n) is 12.9. The van der Waals surface area contributed by atoms with Gasteiger partial charge in [-0.3, -0.25) is 4.79 Å². The summed E-state index contributed by atoms with van der Waals surface area (Å²) in [5.74, 6) is -0.612. The molecule has 0 fully saturated rings. The maximum Gasteiger partial charge on any atom is 0.241 e. The summed E-state index contributed by atoms with van der Waals surface area (Å²) in [5.41, 5.74) is 0.873. The van der Waals surface area contributed by atoms with Crippen molar-refractivity contribution in [3.05, 3.63) is 62.7 Å². The van der Waals surface area contributed by atoms with Gasteiger partial charge in [0, 0.05) is 15.1 Å². The standard InChI is InChI=1S/C16H16ClIN2O4S/c17-12-4-6-14(7-5-12)25(23,24)20-15(10-21)16(22)19-9-11-2-1-3-13(18)8-11/h1-8,15,20-21H,9-10H2,(H,19,22)/t15-/m0/s1. The minimum atomic E-state index is -3.95. The highest BCUT2D eigenvalue weighted by Crippen LogP contribution is 2.14. The third-order valence-corrected chi connectivity index (χ3v) is 5.69. The molecule has 0 aromatic heterocycles. The molecule has 0 saturated carbocycles. The molecule has 2 rings (SSSR count). The minimum Gasteiger partial charge on any atom is -0.394 e. The van der Waals surface area contributed by atoms with Crippen LogP contribution in [0.15, 0.2) is 53.4 Å². The van der Waals surface area contributed by atoms with Crippen molar-refractivity contribution in [1.29, 1.82) is 0 Å². The lowest BCUT2D eigenvalue weighted by atomic mass is 10.2. The summed E-state index contributed by atoms with van der Waals surface area (Å²) in [6.07, 6.45) is 0. The smallest absolute Gasteiger partial charge is 0.241 e. The maximum atomic E-state index is 12.3. The number of hydrogen-bond donors (Lipinski definition) is 3. The summed E-state index contributed by atoms with van der Waals surface area (Å²) >= 11 is 7.89. The van der Waals surface area contributed by atoms with E-state index in [9.17, 15) is 18.3 Å². The lowest BCUT2D eigenvalue weighted by molar-refractivity contribution is -0.123. The monoisotopic (exact) mass is 494 g/mol. The van der Waals surface area contributed by atoms with E-state index in [0.717, 1.165) is 9.13 Å². The third-order valence-electron chi connectivity index (χ3n) is 3.28. The summed E-state index contributed by atoms with van der Waals surface area (Å²) in [4.78, 5) is 12.1. The number of benzene rings is 2. The molecule has 0 radical (unpaired) electrons. The molecule has 0 saturated heterocycles. The predicted molar refractivity (Wildman–Crippen MR) is 104 cm³/mol. The number of aliphatic hydroxyl groups is 1. The minimum absolute atomic E-state index is 0.0410. The molecular formula is C16H16ClIN2O4S. The Kier molecular flexibility index (Phi) is 7.20. The van der Waals surface area contributed by atoms with Crippen molar-refractivity contribution in [2.45, 2.75) is 17.5 Å². The second-order valence-electron chi connectivity index (χ2n) is 5.16. The first-order valence-electron chi connectivity index (χ1n) is 7.23. The molecule has 9 heteroatoms. The van der Waals surface area contributed by atoms with Crippen LogP contribution in [-0.4, -0.2) is 32.1 Å². The number of sulfonamides is 1. The number of carbonyl (C=O) groups excluding carboxylic acids is 1. The van der Waals surface area contributed by atoms with E-state index in [1.54, 1.807) is 0 Å². The van der Waals surface area contributed by atoms with Crippen molar-refractivity contribution >= 4 is 50.1 Å². The quantitative estimate of drug-likeness (QED) is 0.513. The maximum absolute atomic E-state index is 12.3. The van der Waals surface area contributed by atoms with Crippen LogP contribution in [0.5, 0.6) is 0 Å². The highest BCUT2D eigenvalue weighted by molar-refractivity contribution is 14.1. The Balaban J connectivity index is 2.03. The lowest BCUT2D eigenvalue weighted by Gasteiger charge is -2.16. The van der Waals surface area contributed by atoms with Crippen molar-refractivity contribution in [1.82, 2.24) is 10.0 Å². The van der Waals surface area contributed by atoms with E-state index >= 15 is 0 Å². The number of rotatable bonds is 7. The fourth-order valence-electron chi connectivity index (χ4n) is 2.00. The molecule has 1 amide bonds. The van der Waals surface area contributed by atoms with Gasteiger partial charge >= 0.3 is 0 Å². The number of nitrogens with one attached hydrogen (secondary N) is 2. The summed E-state index contributed by atoms with van der Waals surface area (Å²) in [5, 5.41) is 12.4. The highest BCUT2D eigenvalue weighted by atomic mass is 127. The molecule has 2 aromatic rings. The van der Waals surface area contributed by atoms with Gasteiger partial charge in [0.15, 0.2) is 0 Å². The Hall–Kier alpha value is -1.20. The molecule has 3 N–H and O–H groups in total. The van der Waals surface area contributed by atoms with E-state index in [4.69, 9.17) is 11.6 Å². The van der Waals surface area contributed by atoms with Gasteiger partial charge in [0.2, 0.25) is 15.9 Å². The molecule has 6 nitrogen and oxygen atoms in total. The van der Waals surface area contributed by atoms with E-state index in [2.05, 4.69) is 32.6 Å². The zero-order chi connectivity index (χ0) is 18.4. The summed E-state index contributed by atoms with van der Waals surface area (Å²) < 4.78 is 27.8. The topological polar surface area (TPSA) is 95.5 Å². The highest BCUT2D eigenvalue weighted by Gasteiger charge is 2.25.